The maximum Gasteiger partial charge on any atom is 0.214 e. The zero-order valence-corrected chi connectivity index (χ0v) is 12.5. The van der Waals surface area contributed by atoms with E-state index in [1.165, 1.54) is 11.1 Å². The Bertz CT molecular complexity index is 772. The SMILES string of the molecule is Cc1ccc(CNn2c(-c3ccccc3)n[nH]c2=S)cc1. The first kappa shape index (κ1) is 13.6. The fourth-order valence-corrected chi connectivity index (χ4v) is 2.30. The third-order valence-corrected chi connectivity index (χ3v) is 3.54. The molecular formula is C16H16N4S. The normalized spacial score (nSPS) is 10.5. The topological polar surface area (TPSA) is 45.6 Å². The molecule has 0 atom stereocenters. The Hall–Kier alpha value is -2.40. The van der Waals surface area contributed by atoms with Gasteiger partial charge in [-0.2, -0.15) is 5.10 Å². The fraction of sp³-hybridized carbons (Fsp3) is 0.125. The standard InChI is InChI=1S/C16H16N4S/c1-12-7-9-13(10-8-12)11-17-20-15(18-19-16(20)21)14-5-3-2-4-6-14/h2-10,17H,11H2,1H3,(H,19,21). The van der Waals surface area contributed by atoms with Crippen LogP contribution in [0.2, 0.25) is 0 Å². The van der Waals surface area contributed by atoms with Gasteiger partial charge in [-0.1, -0.05) is 60.2 Å². The van der Waals surface area contributed by atoms with Gasteiger partial charge in [-0.3, -0.25) is 0 Å². The minimum Gasteiger partial charge on any atom is -0.317 e. The third kappa shape index (κ3) is 3.03. The second-order valence-corrected chi connectivity index (χ2v) is 5.26. The first-order chi connectivity index (χ1) is 10.2. The molecule has 1 aromatic heterocycles. The highest BCUT2D eigenvalue weighted by molar-refractivity contribution is 7.71. The molecular weight excluding hydrogens is 280 g/mol. The minimum absolute atomic E-state index is 0.556. The lowest BCUT2D eigenvalue weighted by atomic mass is 10.1. The Balaban J connectivity index is 1.84. The van der Waals surface area contributed by atoms with E-state index in [0.717, 1.165) is 11.4 Å². The van der Waals surface area contributed by atoms with Crippen LogP contribution in [-0.4, -0.2) is 14.9 Å². The van der Waals surface area contributed by atoms with Crippen molar-refractivity contribution in [1.82, 2.24) is 14.9 Å². The molecule has 0 radical (unpaired) electrons. The molecule has 0 aliphatic heterocycles. The lowest BCUT2D eigenvalue weighted by molar-refractivity contribution is 0.831. The van der Waals surface area contributed by atoms with Gasteiger partial charge >= 0.3 is 0 Å². The summed E-state index contributed by atoms with van der Waals surface area (Å²) in [5, 5.41) is 7.13. The molecule has 0 unspecified atom stereocenters. The average molecular weight is 296 g/mol. The maximum absolute atomic E-state index is 5.29. The second-order valence-electron chi connectivity index (χ2n) is 4.87. The summed E-state index contributed by atoms with van der Waals surface area (Å²) in [6.45, 7) is 2.77. The van der Waals surface area contributed by atoms with E-state index in [1.54, 1.807) is 0 Å². The molecule has 0 amide bonds. The second kappa shape index (κ2) is 5.93. The molecule has 5 heteroatoms. The van der Waals surface area contributed by atoms with Gasteiger partial charge in [-0.05, 0) is 24.7 Å². The van der Waals surface area contributed by atoms with Crippen LogP contribution in [0.25, 0.3) is 11.4 Å². The number of benzene rings is 2. The number of hydrogen-bond donors (Lipinski definition) is 2. The van der Waals surface area contributed by atoms with E-state index in [1.807, 2.05) is 35.0 Å². The van der Waals surface area contributed by atoms with Crippen LogP contribution in [0.4, 0.5) is 0 Å². The molecule has 2 N–H and O–H groups in total. The minimum atomic E-state index is 0.556. The predicted octanol–water partition coefficient (Wildman–Crippen LogP) is 3.66. The summed E-state index contributed by atoms with van der Waals surface area (Å²) in [5.74, 6) is 0.785. The van der Waals surface area contributed by atoms with Crippen molar-refractivity contribution in [3.8, 4) is 11.4 Å². The highest BCUT2D eigenvalue weighted by atomic mass is 32.1. The molecule has 0 aliphatic rings. The van der Waals surface area contributed by atoms with E-state index < -0.39 is 0 Å². The van der Waals surface area contributed by atoms with Crippen LogP contribution in [0.15, 0.2) is 54.6 Å². The highest BCUT2D eigenvalue weighted by Gasteiger charge is 2.07. The van der Waals surface area contributed by atoms with E-state index in [0.29, 0.717) is 11.3 Å². The zero-order chi connectivity index (χ0) is 14.7. The molecule has 3 rings (SSSR count). The molecule has 0 bridgehead atoms. The molecule has 106 valence electrons. The van der Waals surface area contributed by atoms with Crippen LogP contribution in [0.5, 0.6) is 0 Å². The van der Waals surface area contributed by atoms with E-state index in [-0.39, 0.29) is 0 Å². The summed E-state index contributed by atoms with van der Waals surface area (Å²) in [6, 6.07) is 18.4. The van der Waals surface area contributed by atoms with Crippen LogP contribution >= 0.6 is 12.2 Å². The van der Waals surface area contributed by atoms with E-state index >= 15 is 0 Å². The Morgan fingerprint density at radius 1 is 1.10 bits per heavy atom. The lowest BCUT2D eigenvalue weighted by Crippen LogP contribution is -2.15. The van der Waals surface area contributed by atoms with Gasteiger partial charge < -0.3 is 5.43 Å². The Kier molecular flexibility index (Phi) is 3.83. The summed E-state index contributed by atoms with van der Waals surface area (Å²) in [7, 11) is 0. The van der Waals surface area contributed by atoms with E-state index in [2.05, 4.69) is 46.8 Å². The fourth-order valence-electron chi connectivity index (χ4n) is 2.10. The Labute approximate surface area is 128 Å². The van der Waals surface area contributed by atoms with Crippen molar-refractivity contribution >= 4 is 12.2 Å². The van der Waals surface area contributed by atoms with Crippen molar-refractivity contribution in [1.29, 1.82) is 0 Å². The summed E-state index contributed by atoms with van der Waals surface area (Å²) >= 11 is 5.29. The number of aryl methyl sites for hydroxylation is 1. The molecule has 21 heavy (non-hydrogen) atoms. The first-order valence-corrected chi connectivity index (χ1v) is 7.17. The average Bonchev–Trinajstić information content (AvgIpc) is 2.89. The summed E-state index contributed by atoms with van der Waals surface area (Å²) in [6.07, 6.45) is 0. The van der Waals surface area contributed by atoms with Gasteiger partial charge in [0.1, 0.15) is 0 Å². The van der Waals surface area contributed by atoms with Gasteiger partial charge in [0.05, 0.1) is 6.54 Å². The summed E-state index contributed by atoms with van der Waals surface area (Å²) in [5.41, 5.74) is 6.78. The lowest BCUT2D eigenvalue weighted by Gasteiger charge is -2.10. The number of aromatic amines is 1. The Morgan fingerprint density at radius 3 is 2.52 bits per heavy atom. The van der Waals surface area contributed by atoms with Crippen molar-refractivity contribution in [3.63, 3.8) is 0 Å². The van der Waals surface area contributed by atoms with Crippen molar-refractivity contribution in [2.75, 3.05) is 5.43 Å². The van der Waals surface area contributed by atoms with Gasteiger partial charge in [-0.15, -0.1) is 0 Å². The van der Waals surface area contributed by atoms with Gasteiger partial charge in [-0.25, -0.2) is 9.77 Å². The van der Waals surface area contributed by atoms with Crippen molar-refractivity contribution in [2.45, 2.75) is 13.5 Å². The number of H-pyrrole nitrogens is 1. The number of rotatable bonds is 4. The summed E-state index contributed by atoms with van der Waals surface area (Å²) < 4.78 is 2.37. The smallest absolute Gasteiger partial charge is 0.214 e. The van der Waals surface area contributed by atoms with Crippen LogP contribution in [0, 0.1) is 11.7 Å². The van der Waals surface area contributed by atoms with Gasteiger partial charge in [0.25, 0.3) is 0 Å². The molecule has 0 fully saturated rings. The van der Waals surface area contributed by atoms with Gasteiger partial charge in [0.15, 0.2) is 5.82 Å². The molecule has 1 heterocycles. The maximum atomic E-state index is 5.29. The third-order valence-electron chi connectivity index (χ3n) is 3.27. The largest absolute Gasteiger partial charge is 0.317 e. The van der Waals surface area contributed by atoms with Gasteiger partial charge in [0, 0.05) is 5.56 Å². The van der Waals surface area contributed by atoms with Crippen molar-refractivity contribution in [2.24, 2.45) is 0 Å². The molecule has 4 nitrogen and oxygen atoms in total. The molecule has 0 saturated carbocycles. The van der Waals surface area contributed by atoms with E-state index in [9.17, 15) is 0 Å². The van der Waals surface area contributed by atoms with Crippen LogP contribution in [0.1, 0.15) is 11.1 Å². The molecule has 2 aromatic carbocycles. The van der Waals surface area contributed by atoms with Crippen LogP contribution in [-0.2, 0) is 6.54 Å². The molecule has 0 aliphatic carbocycles. The first-order valence-electron chi connectivity index (χ1n) is 6.76. The predicted molar refractivity (Wildman–Crippen MR) is 87.1 cm³/mol. The molecule has 3 aromatic rings. The van der Waals surface area contributed by atoms with Crippen molar-refractivity contribution < 1.29 is 0 Å². The number of nitrogens with one attached hydrogen (secondary N) is 2. The Morgan fingerprint density at radius 2 is 1.81 bits per heavy atom. The number of aromatic nitrogens is 3. The van der Waals surface area contributed by atoms with Crippen LogP contribution in [0.3, 0.4) is 0 Å². The highest BCUT2D eigenvalue weighted by Crippen LogP contribution is 2.15. The monoisotopic (exact) mass is 296 g/mol. The quantitative estimate of drug-likeness (QED) is 0.722. The van der Waals surface area contributed by atoms with Crippen molar-refractivity contribution in [3.05, 3.63) is 70.5 Å². The zero-order valence-electron chi connectivity index (χ0n) is 11.7. The number of nitrogens with zero attached hydrogens (tertiary/aromatic N) is 2. The van der Waals surface area contributed by atoms with Crippen LogP contribution < -0.4 is 5.43 Å². The molecule has 0 spiro atoms. The molecule has 0 saturated heterocycles. The van der Waals surface area contributed by atoms with Gasteiger partial charge in [0.2, 0.25) is 4.77 Å². The summed E-state index contributed by atoms with van der Waals surface area (Å²) in [4.78, 5) is 0. The number of hydrogen-bond acceptors (Lipinski definition) is 3. The van der Waals surface area contributed by atoms with E-state index in [4.69, 9.17) is 12.2 Å².